The van der Waals surface area contributed by atoms with E-state index in [1.165, 1.54) is 0 Å². The molecule has 3 aliphatic rings. The second-order valence-corrected chi connectivity index (χ2v) is 9.59. The first-order chi connectivity index (χ1) is 16.4. The maximum absolute atomic E-state index is 13.3. The summed E-state index contributed by atoms with van der Waals surface area (Å²) < 4.78 is 32.3. The van der Waals surface area contributed by atoms with Gasteiger partial charge in [0.1, 0.15) is 0 Å². The van der Waals surface area contributed by atoms with E-state index in [0.29, 0.717) is 12.1 Å². The molecule has 2 atom stereocenters. The van der Waals surface area contributed by atoms with Gasteiger partial charge in [-0.2, -0.15) is 0 Å². The van der Waals surface area contributed by atoms with Gasteiger partial charge in [0.05, 0.1) is 18.0 Å². The number of halogens is 2. The molecule has 0 bridgehead atoms. The first kappa shape index (κ1) is 22.7. The van der Waals surface area contributed by atoms with Gasteiger partial charge in [0.15, 0.2) is 6.61 Å². The molecule has 7 heteroatoms. The zero-order valence-corrected chi connectivity index (χ0v) is 19.2. The summed E-state index contributed by atoms with van der Waals surface area (Å²) in [7, 11) is 0. The molecule has 5 rings (SSSR count). The summed E-state index contributed by atoms with van der Waals surface area (Å²) >= 11 is 0. The highest BCUT2D eigenvalue weighted by Crippen LogP contribution is 2.41. The molecule has 1 aliphatic carbocycles. The molecule has 2 aromatic carbocycles. The molecule has 1 fully saturated rings. The highest BCUT2D eigenvalue weighted by molar-refractivity contribution is 6.06. The maximum atomic E-state index is 13.3. The highest BCUT2D eigenvalue weighted by atomic mass is 19.3. The minimum absolute atomic E-state index is 0.00418. The van der Waals surface area contributed by atoms with Crippen LogP contribution in [-0.4, -0.2) is 36.1 Å². The van der Waals surface area contributed by atoms with Gasteiger partial charge in [-0.25, -0.2) is 13.8 Å². The van der Waals surface area contributed by atoms with E-state index < -0.39 is 18.9 Å². The molecular formula is C27H29F2N3O2. The quantitative estimate of drug-likeness (QED) is 0.681. The Morgan fingerprint density at radius 1 is 1.15 bits per heavy atom. The van der Waals surface area contributed by atoms with E-state index >= 15 is 0 Å². The number of benzene rings is 2. The van der Waals surface area contributed by atoms with Crippen molar-refractivity contribution in [1.29, 1.82) is 0 Å². The number of aliphatic imine (C=N–C) groups is 1. The molecule has 1 amide bonds. The first-order valence-corrected chi connectivity index (χ1v) is 11.8. The van der Waals surface area contributed by atoms with Crippen molar-refractivity contribution in [2.75, 3.05) is 13.2 Å². The minimum atomic E-state index is -2.63. The summed E-state index contributed by atoms with van der Waals surface area (Å²) in [4.78, 5) is 18.5. The zero-order valence-electron chi connectivity index (χ0n) is 19.2. The van der Waals surface area contributed by atoms with E-state index in [9.17, 15) is 13.6 Å². The largest absolute Gasteiger partial charge is 0.466 e. The summed E-state index contributed by atoms with van der Waals surface area (Å²) in [6, 6.07) is 18.3. The fourth-order valence-electron chi connectivity index (χ4n) is 5.28. The van der Waals surface area contributed by atoms with E-state index in [1.54, 1.807) is 0 Å². The monoisotopic (exact) mass is 465 g/mol. The van der Waals surface area contributed by atoms with Crippen LogP contribution in [0.2, 0.25) is 0 Å². The average Bonchev–Trinajstić information content (AvgIpc) is 2.96. The lowest BCUT2D eigenvalue weighted by molar-refractivity contribution is -0.137. The van der Waals surface area contributed by atoms with Crippen molar-refractivity contribution in [1.82, 2.24) is 4.90 Å². The Morgan fingerprint density at radius 3 is 2.47 bits per heavy atom. The van der Waals surface area contributed by atoms with Crippen LogP contribution in [0.25, 0.3) is 0 Å². The van der Waals surface area contributed by atoms with Gasteiger partial charge in [0.2, 0.25) is 5.88 Å². The Morgan fingerprint density at radius 2 is 1.85 bits per heavy atom. The van der Waals surface area contributed by atoms with Gasteiger partial charge in [-0.1, -0.05) is 61.5 Å². The molecule has 2 aliphatic heterocycles. The Bertz CT molecular complexity index is 1120. The van der Waals surface area contributed by atoms with Crippen molar-refractivity contribution in [3.63, 3.8) is 0 Å². The van der Waals surface area contributed by atoms with E-state index in [1.807, 2.05) is 30.3 Å². The SMILES string of the molecule is CC1CC2=C(N=C(c3ccc(C4(N)CCC4)cc3)C1c1ccccc1)OCC(=O)N2CC(F)F. The number of rotatable bonds is 5. The van der Waals surface area contributed by atoms with Crippen LogP contribution in [0.1, 0.15) is 55.2 Å². The molecule has 2 N–H and O–H groups in total. The molecule has 2 aromatic rings. The second-order valence-electron chi connectivity index (χ2n) is 9.59. The van der Waals surface area contributed by atoms with Crippen molar-refractivity contribution < 1.29 is 18.3 Å². The molecule has 178 valence electrons. The summed E-state index contributed by atoms with van der Waals surface area (Å²) in [6.45, 7) is 1.13. The Balaban J connectivity index is 1.60. The van der Waals surface area contributed by atoms with Crippen molar-refractivity contribution in [2.45, 2.75) is 50.5 Å². The standard InChI is InChI=1S/C27H29F2N3O2/c1-17-14-21-26(34-16-23(33)32(21)15-22(28)29)31-25(24(17)18-6-3-2-4-7-18)19-8-10-20(11-9-19)27(30)12-5-13-27/h2-4,6-11,17,22,24H,5,12-16,30H2,1H3. The predicted molar refractivity (Wildman–Crippen MR) is 126 cm³/mol. The molecular weight excluding hydrogens is 436 g/mol. The lowest BCUT2D eigenvalue weighted by Gasteiger charge is -2.38. The van der Waals surface area contributed by atoms with E-state index in [0.717, 1.165) is 46.6 Å². The number of amides is 1. The molecule has 2 heterocycles. The Labute approximate surface area is 198 Å². The van der Waals surface area contributed by atoms with Crippen LogP contribution in [0.5, 0.6) is 0 Å². The lowest BCUT2D eigenvalue weighted by atomic mass is 9.72. The molecule has 34 heavy (non-hydrogen) atoms. The summed E-state index contributed by atoms with van der Waals surface area (Å²) in [5, 5.41) is 0. The highest BCUT2D eigenvalue weighted by Gasteiger charge is 2.38. The summed E-state index contributed by atoms with van der Waals surface area (Å²) in [5.74, 6) is -0.297. The van der Waals surface area contributed by atoms with Gasteiger partial charge in [0.25, 0.3) is 12.3 Å². The summed E-state index contributed by atoms with van der Waals surface area (Å²) in [6.07, 6.45) is 0.875. The zero-order chi connectivity index (χ0) is 23.9. The fourth-order valence-corrected chi connectivity index (χ4v) is 5.28. The third-order valence-electron chi connectivity index (χ3n) is 7.29. The molecule has 0 aromatic heterocycles. The predicted octanol–water partition coefficient (Wildman–Crippen LogP) is 4.93. The van der Waals surface area contributed by atoms with E-state index in [2.05, 4.69) is 31.2 Å². The van der Waals surface area contributed by atoms with Crippen LogP contribution in [0.15, 0.2) is 71.2 Å². The maximum Gasteiger partial charge on any atom is 0.265 e. The third-order valence-corrected chi connectivity index (χ3v) is 7.29. The number of hydrogen-bond donors (Lipinski definition) is 1. The molecule has 0 radical (unpaired) electrons. The molecule has 0 spiro atoms. The van der Waals surface area contributed by atoms with Crippen LogP contribution in [-0.2, 0) is 15.1 Å². The van der Waals surface area contributed by atoms with Gasteiger partial charge in [0, 0.05) is 11.5 Å². The van der Waals surface area contributed by atoms with E-state index in [-0.39, 0.29) is 29.9 Å². The van der Waals surface area contributed by atoms with E-state index in [4.69, 9.17) is 15.5 Å². The van der Waals surface area contributed by atoms with Gasteiger partial charge < -0.3 is 15.4 Å². The number of carbonyl (C=O) groups is 1. The minimum Gasteiger partial charge on any atom is -0.466 e. The lowest BCUT2D eigenvalue weighted by Crippen LogP contribution is -2.43. The van der Waals surface area contributed by atoms with Gasteiger partial charge in [-0.3, -0.25) is 4.79 Å². The van der Waals surface area contributed by atoms with Crippen molar-refractivity contribution in [3.05, 3.63) is 82.9 Å². The van der Waals surface area contributed by atoms with Gasteiger partial charge >= 0.3 is 0 Å². The number of ether oxygens (including phenoxy) is 1. The van der Waals surface area contributed by atoms with Crippen molar-refractivity contribution in [2.24, 2.45) is 16.6 Å². The van der Waals surface area contributed by atoms with Gasteiger partial charge in [-0.05, 0) is 48.3 Å². The van der Waals surface area contributed by atoms with Crippen LogP contribution in [0, 0.1) is 5.92 Å². The number of nitrogens with two attached hydrogens (primary N) is 1. The molecule has 5 nitrogen and oxygen atoms in total. The number of alkyl halides is 2. The number of nitrogens with zero attached hydrogens (tertiary/aromatic N) is 2. The van der Waals surface area contributed by atoms with Crippen LogP contribution in [0.4, 0.5) is 8.78 Å². The van der Waals surface area contributed by atoms with Crippen molar-refractivity contribution >= 4 is 11.6 Å². The van der Waals surface area contributed by atoms with Crippen molar-refractivity contribution in [3.8, 4) is 0 Å². The Kier molecular flexibility index (Phi) is 5.98. The molecule has 2 unspecified atom stereocenters. The third kappa shape index (κ3) is 4.13. The van der Waals surface area contributed by atoms with Crippen LogP contribution < -0.4 is 5.73 Å². The first-order valence-electron chi connectivity index (χ1n) is 11.8. The summed E-state index contributed by atoms with van der Waals surface area (Å²) in [5.41, 5.74) is 10.6. The topological polar surface area (TPSA) is 67.9 Å². The smallest absolute Gasteiger partial charge is 0.265 e. The normalized spacial score (nSPS) is 24.2. The number of allylic oxidation sites excluding steroid dienone is 1. The van der Waals surface area contributed by atoms with Gasteiger partial charge in [-0.15, -0.1) is 0 Å². The Hall–Kier alpha value is -3.06. The van der Waals surface area contributed by atoms with Crippen LogP contribution in [0.3, 0.4) is 0 Å². The second kappa shape index (κ2) is 8.95. The fraction of sp³-hybridized carbons (Fsp3) is 0.407. The number of hydrogen-bond acceptors (Lipinski definition) is 4. The van der Waals surface area contributed by atoms with Crippen LogP contribution >= 0.6 is 0 Å². The molecule has 0 saturated heterocycles. The molecule has 1 saturated carbocycles. The average molecular weight is 466 g/mol. The number of carbonyl (C=O) groups excluding carboxylic acids is 1.